The van der Waals surface area contributed by atoms with Crippen LogP contribution in [-0.2, 0) is 22.6 Å². The first-order valence-corrected chi connectivity index (χ1v) is 10.4. The highest BCUT2D eigenvalue weighted by Gasteiger charge is 2.26. The zero-order chi connectivity index (χ0) is 21.1. The second-order valence-electron chi connectivity index (χ2n) is 7.60. The van der Waals surface area contributed by atoms with Crippen LogP contribution in [-0.4, -0.2) is 53.5 Å². The number of carbonyl (C=O) groups excluding carboxylic acids is 1. The maximum absolute atomic E-state index is 13.0. The standard InChI is InChI=1S/C24H28N2O4/c1-3-30-24(28)22-17(2)26(15-18-7-5-4-6-8-18)20-9-10-21(27)19(23(20)22)16-25-11-13-29-14-12-25/h4-10,27H,3,11-16H2,1-2H3. The Kier molecular flexibility index (Phi) is 6.06. The highest BCUT2D eigenvalue weighted by molar-refractivity contribution is 6.08. The molecule has 1 saturated heterocycles. The van der Waals surface area contributed by atoms with Gasteiger partial charge in [-0.25, -0.2) is 4.79 Å². The molecular formula is C24H28N2O4. The predicted octanol–water partition coefficient (Wildman–Crippen LogP) is 3.71. The van der Waals surface area contributed by atoms with Gasteiger partial charge in [0.1, 0.15) is 5.75 Å². The number of fused-ring (bicyclic) bond motifs is 1. The number of esters is 1. The van der Waals surface area contributed by atoms with Gasteiger partial charge in [-0.1, -0.05) is 30.3 Å². The fourth-order valence-electron chi connectivity index (χ4n) is 4.19. The molecule has 30 heavy (non-hydrogen) atoms. The van der Waals surface area contributed by atoms with Crippen molar-refractivity contribution in [3.05, 3.63) is 64.8 Å². The monoisotopic (exact) mass is 408 g/mol. The van der Waals surface area contributed by atoms with Crippen molar-refractivity contribution in [2.45, 2.75) is 26.9 Å². The van der Waals surface area contributed by atoms with Gasteiger partial charge in [-0.3, -0.25) is 4.90 Å². The van der Waals surface area contributed by atoms with Crippen molar-refractivity contribution in [1.82, 2.24) is 9.47 Å². The van der Waals surface area contributed by atoms with Crippen molar-refractivity contribution in [1.29, 1.82) is 0 Å². The number of aromatic nitrogens is 1. The third kappa shape index (κ3) is 3.93. The van der Waals surface area contributed by atoms with Gasteiger partial charge in [0.05, 0.1) is 30.9 Å². The Morgan fingerprint density at radius 2 is 1.83 bits per heavy atom. The highest BCUT2D eigenvalue weighted by Crippen LogP contribution is 2.36. The lowest BCUT2D eigenvalue weighted by atomic mass is 10.0. The quantitative estimate of drug-likeness (QED) is 0.630. The number of nitrogens with zero attached hydrogens (tertiary/aromatic N) is 2. The minimum atomic E-state index is -0.347. The molecule has 3 aromatic rings. The first-order valence-electron chi connectivity index (χ1n) is 10.4. The Morgan fingerprint density at radius 1 is 1.10 bits per heavy atom. The van der Waals surface area contributed by atoms with E-state index in [-0.39, 0.29) is 11.7 Å². The van der Waals surface area contributed by atoms with Crippen LogP contribution in [0.1, 0.15) is 34.1 Å². The van der Waals surface area contributed by atoms with E-state index in [1.54, 1.807) is 6.07 Å². The average molecular weight is 408 g/mol. The third-order valence-corrected chi connectivity index (χ3v) is 5.72. The van der Waals surface area contributed by atoms with Crippen molar-refractivity contribution in [2.24, 2.45) is 0 Å². The molecule has 0 radical (unpaired) electrons. The average Bonchev–Trinajstić information content (AvgIpc) is 3.03. The van der Waals surface area contributed by atoms with E-state index in [4.69, 9.17) is 9.47 Å². The molecule has 0 unspecified atom stereocenters. The van der Waals surface area contributed by atoms with Crippen LogP contribution in [0.15, 0.2) is 42.5 Å². The van der Waals surface area contributed by atoms with Crippen LogP contribution >= 0.6 is 0 Å². The Labute approximate surface area is 176 Å². The number of rotatable bonds is 6. The summed E-state index contributed by atoms with van der Waals surface area (Å²) in [5.74, 6) is -0.142. The molecule has 2 heterocycles. The summed E-state index contributed by atoms with van der Waals surface area (Å²) in [6.07, 6.45) is 0. The van der Waals surface area contributed by atoms with Gasteiger partial charge in [0.25, 0.3) is 0 Å². The minimum Gasteiger partial charge on any atom is -0.508 e. The fraction of sp³-hybridized carbons (Fsp3) is 0.375. The van der Waals surface area contributed by atoms with Crippen molar-refractivity contribution in [2.75, 3.05) is 32.9 Å². The third-order valence-electron chi connectivity index (χ3n) is 5.72. The summed E-state index contributed by atoms with van der Waals surface area (Å²) in [5.41, 5.74) is 4.24. The SMILES string of the molecule is CCOC(=O)c1c(C)n(Cc2ccccc2)c2ccc(O)c(CN3CCOCC3)c12. The van der Waals surface area contributed by atoms with Crippen molar-refractivity contribution < 1.29 is 19.4 Å². The molecule has 0 spiro atoms. The summed E-state index contributed by atoms with van der Waals surface area (Å²) in [5, 5.41) is 11.5. The van der Waals surface area contributed by atoms with E-state index >= 15 is 0 Å². The summed E-state index contributed by atoms with van der Waals surface area (Å²) in [4.78, 5) is 15.2. The summed E-state index contributed by atoms with van der Waals surface area (Å²) in [7, 11) is 0. The molecule has 4 rings (SSSR count). The first kappa shape index (κ1) is 20.4. The van der Waals surface area contributed by atoms with Crippen LogP contribution in [0.4, 0.5) is 0 Å². The molecule has 1 aliphatic heterocycles. The summed E-state index contributed by atoms with van der Waals surface area (Å²) >= 11 is 0. The van der Waals surface area contributed by atoms with Gasteiger partial charge in [-0.2, -0.15) is 0 Å². The molecule has 0 aliphatic carbocycles. The topological polar surface area (TPSA) is 63.9 Å². The normalized spacial score (nSPS) is 14.9. The molecule has 6 heteroatoms. The molecule has 0 bridgehead atoms. The van der Waals surface area contributed by atoms with Crippen LogP contribution in [0.25, 0.3) is 10.9 Å². The molecule has 1 fully saturated rings. The number of hydrogen-bond acceptors (Lipinski definition) is 5. The van der Waals surface area contributed by atoms with E-state index in [0.717, 1.165) is 40.8 Å². The zero-order valence-corrected chi connectivity index (χ0v) is 17.6. The molecular weight excluding hydrogens is 380 g/mol. The maximum atomic E-state index is 13.0. The number of morpholine rings is 1. The smallest absolute Gasteiger partial charge is 0.340 e. The number of aromatic hydroxyl groups is 1. The van der Waals surface area contributed by atoms with Crippen LogP contribution in [0.2, 0.25) is 0 Å². The fourth-order valence-corrected chi connectivity index (χ4v) is 4.19. The molecule has 2 aromatic carbocycles. The number of benzene rings is 2. The second kappa shape index (κ2) is 8.90. The molecule has 0 atom stereocenters. The number of phenols is 1. The van der Waals surface area contributed by atoms with Crippen LogP contribution in [0, 0.1) is 6.92 Å². The van der Waals surface area contributed by atoms with E-state index in [1.165, 1.54) is 0 Å². The van der Waals surface area contributed by atoms with Crippen LogP contribution < -0.4 is 0 Å². The van der Waals surface area contributed by atoms with Crippen molar-refractivity contribution >= 4 is 16.9 Å². The Hall–Kier alpha value is -2.83. The van der Waals surface area contributed by atoms with Gasteiger partial charge in [0.15, 0.2) is 0 Å². The highest BCUT2D eigenvalue weighted by atomic mass is 16.5. The van der Waals surface area contributed by atoms with Crippen LogP contribution in [0.3, 0.4) is 0 Å². The lowest BCUT2D eigenvalue weighted by Crippen LogP contribution is -2.35. The zero-order valence-electron chi connectivity index (χ0n) is 17.6. The minimum absolute atomic E-state index is 0.205. The number of carbonyl (C=O) groups is 1. The lowest BCUT2D eigenvalue weighted by molar-refractivity contribution is 0.0340. The largest absolute Gasteiger partial charge is 0.508 e. The molecule has 1 aromatic heterocycles. The maximum Gasteiger partial charge on any atom is 0.340 e. The van der Waals surface area contributed by atoms with Crippen molar-refractivity contribution in [3.63, 3.8) is 0 Å². The Balaban J connectivity index is 1.87. The van der Waals surface area contributed by atoms with Crippen molar-refractivity contribution in [3.8, 4) is 5.75 Å². The van der Waals surface area contributed by atoms with E-state index in [2.05, 4.69) is 21.6 Å². The number of ether oxygens (including phenoxy) is 2. The summed E-state index contributed by atoms with van der Waals surface area (Å²) in [6.45, 7) is 8.22. The van der Waals surface area contributed by atoms with Gasteiger partial charge < -0.3 is 19.1 Å². The predicted molar refractivity (Wildman–Crippen MR) is 116 cm³/mol. The van der Waals surface area contributed by atoms with Gasteiger partial charge in [-0.15, -0.1) is 0 Å². The van der Waals surface area contributed by atoms with Gasteiger partial charge in [-0.05, 0) is 31.5 Å². The van der Waals surface area contributed by atoms with Gasteiger partial charge >= 0.3 is 5.97 Å². The van der Waals surface area contributed by atoms with E-state index in [9.17, 15) is 9.90 Å². The summed E-state index contributed by atoms with van der Waals surface area (Å²) < 4.78 is 13.0. The molecule has 0 saturated carbocycles. The van der Waals surface area contributed by atoms with E-state index in [1.807, 2.05) is 38.1 Å². The second-order valence-corrected chi connectivity index (χ2v) is 7.60. The number of phenolic OH excluding ortho intramolecular Hbond substituents is 1. The van der Waals surface area contributed by atoms with Gasteiger partial charge in [0, 0.05) is 42.8 Å². The molecule has 6 nitrogen and oxygen atoms in total. The lowest BCUT2D eigenvalue weighted by Gasteiger charge is -2.27. The Morgan fingerprint density at radius 3 is 2.53 bits per heavy atom. The molecule has 0 amide bonds. The molecule has 1 N–H and O–H groups in total. The first-order chi connectivity index (χ1) is 14.6. The van der Waals surface area contributed by atoms with Gasteiger partial charge in [0.2, 0.25) is 0 Å². The van der Waals surface area contributed by atoms with E-state index in [0.29, 0.717) is 38.5 Å². The van der Waals surface area contributed by atoms with Crippen LogP contribution in [0.5, 0.6) is 5.75 Å². The Bertz CT molecular complexity index is 1040. The summed E-state index contributed by atoms with van der Waals surface area (Å²) in [6, 6.07) is 13.8. The molecule has 1 aliphatic rings. The molecule has 158 valence electrons. The van der Waals surface area contributed by atoms with E-state index < -0.39 is 0 Å². The number of hydrogen-bond donors (Lipinski definition) is 1.